The van der Waals surface area contributed by atoms with Crippen LogP contribution in [-0.4, -0.2) is 31.2 Å². The molecule has 0 fully saturated rings. The monoisotopic (exact) mass is 368 g/mol. The zero-order valence-corrected chi connectivity index (χ0v) is 13.5. The first-order valence-corrected chi connectivity index (χ1v) is 7.19. The molecule has 2 rings (SSSR count). The van der Waals surface area contributed by atoms with Crippen molar-refractivity contribution in [2.45, 2.75) is 6.61 Å². The Morgan fingerprint density at radius 3 is 2.62 bits per heavy atom. The van der Waals surface area contributed by atoms with Crippen LogP contribution in [-0.2, 0) is 4.79 Å². The lowest BCUT2D eigenvalue weighted by atomic mass is 10.3. The normalized spacial score (nSPS) is 10.3. The first-order chi connectivity index (χ1) is 12.4. The van der Waals surface area contributed by atoms with E-state index in [2.05, 4.69) is 10.1 Å². The number of nitrogens with one attached hydrogen (secondary N) is 1. The highest BCUT2D eigenvalue weighted by atomic mass is 19.3. The molecule has 10 heteroatoms. The number of carbonyl (C=O) groups is 1. The summed E-state index contributed by atoms with van der Waals surface area (Å²) < 4.78 is 39.1. The van der Waals surface area contributed by atoms with Crippen molar-refractivity contribution in [1.82, 2.24) is 0 Å². The van der Waals surface area contributed by atoms with Crippen molar-refractivity contribution in [1.29, 1.82) is 0 Å². The van der Waals surface area contributed by atoms with Gasteiger partial charge in [-0.25, -0.2) is 0 Å². The van der Waals surface area contributed by atoms with Gasteiger partial charge in [0.25, 0.3) is 5.91 Å². The maximum absolute atomic E-state index is 12.4. The number of nitro groups is 1. The summed E-state index contributed by atoms with van der Waals surface area (Å²) in [4.78, 5) is 22.3. The van der Waals surface area contributed by atoms with E-state index >= 15 is 0 Å². The van der Waals surface area contributed by atoms with E-state index in [9.17, 15) is 23.7 Å². The van der Waals surface area contributed by atoms with Crippen molar-refractivity contribution < 1.29 is 32.7 Å². The van der Waals surface area contributed by atoms with Gasteiger partial charge in [0.05, 0.1) is 23.8 Å². The Bertz CT molecular complexity index is 800. The van der Waals surface area contributed by atoms with Crippen molar-refractivity contribution in [3.8, 4) is 17.2 Å². The Hall–Kier alpha value is -3.43. The second kappa shape index (κ2) is 8.60. The lowest BCUT2D eigenvalue weighted by Crippen LogP contribution is -2.21. The number of hydrogen-bond acceptors (Lipinski definition) is 6. The van der Waals surface area contributed by atoms with Crippen LogP contribution in [0.2, 0.25) is 0 Å². The van der Waals surface area contributed by atoms with Gasteiger partial charge < -0.3 is 19.5 Å². The molecule has 26 heavy (non-hydrogen) atoms. The molecule has 138 valence electrons. The third kappa shape index (κ3) is 5.03. The van der Waals surface area contributed by atoms with Crippen molar-refractivity contribution in [2.75, 3.05) is 19.0 Å². The smallest absolute Gasteiger partial charge is 0.387 e. The molecule has 0 aliphatic rings. The number of hydrogen-bond donors (Lipinski definition) is 1. The molecule has 0 unspecified atom stereocenters. The summed E-state index contributed by atoms with van der Waals surface area (Å²) in [5.74, 6) is -0.804. The highest BCUT2D eigenvalue weighted by Gasteiger charge is 2.18. The number of rotatable bonds is 8. The van der Waals surface area contributed by atoms with E-state index in [1.54, 1.807) is 0 Å². The van der Waals surface area contributed by atoms with Crippen LogP contribution < -0.4 is 19.5 Å². The highest BCUT2D eigenvalue weighted by molar-refractivity contribution is 5.93. The van der Waals surface area contributed by atoms with Crippen molar-refractivity contribution in [3.63, 3.8) is 0 Å². The maximum atomic E-state index is 12.4. The van der Waals surface area contributed by atoms with Crippen LogP contribution in [0.3, 0.4) is 0 Å². The molecule has 0 spiro atoms. The van der Waals surface area contributed by atoms with E-state index in [0.29, 0.717) is 0 Å². The maximum Gasteiger partial charge on any atom is 0.387 e. The fourth-order valence-corrected chi connectivity index (χ4v) is 1.99. The van der Waals surface area contributed by atoms with Crippen LogP contribution in [0, 0.1) is 10.1 Å². The minimum Gasteiger partial charge on any atom is -0.496 e. The second-order valence-corrected chi connectivity index (χ2v) is 4.80. The van der Waals surface area contributed by atoms with Crippen LogP contribution in [0.1, 0.15) is 0 Å². The van der Waals surface area contributed by atoms with Gasteiger partial charge in [0.1, 0.15) is 11.5 Å². The summed E-state index contributed by atoms with van der Waals surface area (Å²) in [6, 6.07) is 9.49. The Morgan fingerprint density at radius 2 is 1.96 bits per heavy atom. The van der Waals surface area contributed by atoms with Gasteiger partial charge >= 0.3 is 12.3 Å². The number of ether oxygens (including phenoxy) is 3. The molecule has 0 bridgehead atoms. The zero-order chi connectivity index (χ0) is 19.1. The summed E-state index contributed by atoms with van der Waals surface area (Å²) in [5, 5.41) is 13.4. The minimum absolute atomic E-state index is 0.0191. The van der Waals surface area contributed by atoms with E-state index in [4.69, 9.17) is 9.47 Å². The molecule has 0 aliphatic heterocycles. The van der Waals surface area contributed by atoms with E-state index in [1.807, 2.05) is 0 Å². The van der Waals surface area contributed by atoms with Gasteiger partial charge in [-0.05, 0) is 24.3 Å². The standard InChI is InChI=1S/C16H14F2N2O6/c1-24-10-6-7-14(12(8-10)20(22)23)25-9-15(21)19-11-4-2-3-5-13(11)26-16(17)18/h2-8,16H,9H2,1H3,(H,19,21). The van der Waals surface area contributed by atoms with Gasteiger partial charge in [-0.3, -0.25) is 14.9 Å². The van der Waals surface area contributed by atoms with Gasteiger partial charge in [0.2, 0.25) is 0 Å². The van der Waals surface area contributed by atoms with Crippen LogP contribution in [0.25, 0.3) is 0 Å². The Kier molecular flexibility index (Phi) is 6.25. The number of para-hydroxylation sites is 2. The lowest BCUT2D eigenvalue weighted by molar-refractivity contribution is -0.385. The van der Waals surface area contributed by atoms with E-state index < -0.39 is 24.0 Å². The summed E-state index contributed by atoms with van der Waals surface area (Å²) in [6.45, 7) is -3.62. The van der Waals surface area contributed by atoms with Gasteiger partial charge in [0, 0.05) is 0 Å². The number of anilines is 1. The molecule has 1 N–H and O–H groups in total. The predicted octanol–water partition coefficient (Wildman–Crippen LogP) is 3.22. The largest absolute Gasteiger partial charge is 0.496 e. The first kappa shape index (κ1) is 18.9. The molecule has 0 aliphatic carbocycles. The van der Waals surface area contributed by atoms with Crippen LogP contribution in [0.5, 0.6) is 17.2 Å². The fourth-order valence-electron chi connectivity index (χ4n) is 1.99. The predicted molar refractivity (Wildman–Crippen MR) is 86.8 cm³/mol. The number of alkyl halides is 2. The Morgan fingerprint density at radius 1 is 1.23 bits per heavy atom. The molecular weight excluding hydrogens is 354 g/mol. The topological polar surface area (TPSA) is 99.9 Å². The molecule has 2 aromatic rings. The molecule has 0 radical (unpaired) electrons. The number of carbonyl (C=O) groups excluding carboxylic acids is 1. The van der Waals surface area contributed by atoms with Gasteiger partial charge in [-0.2, -0.15) is 8.78 Å². The molecule has 1 amide bonds. The number of methoxy groups -OCH3 is 1. The number of nitro benzene ring substituents is 1. The zero-order valence-electron chi connectivity index (χ0n) is 13.5. The molecule has 0 heterocycles. The molecule has 0 saturated carbocycles. The van der Waals surface area contributed by atoms with Crippen molar-refractivity contribution in [3.05, 3.63) is 52.6 Å². The third-order valence-electron chi connectivity index (χ3n) is 3.10. The molecule has 0 aromatic heterocycles. The molecular formula is C16H14F2N2O6. The highest BCUT2D eigenvalue weighted by Crippen LogP contribution is 2.31. The number of amides is 1. The second-order valence-electron chi connectivity index (χ2n) is 4.80. The van der Waals surface area contributed by atoms with Crippen LogP contribution in [0.15, 0.2) is 42.5 Å². The Labute approximate surface area is 146 Å². The summed E-state index contributed by atoms with van der Waals surface area (Å²) in [5.41, 5.74) is -0.357. The average Bonchev–Trinajstić information content (AvgIpc) is 2.61. The minimum atomic E-state index is -3.05. The molecule has 0 atom stereocenters. The summed E-state index contributed by atoms with van der Waals surface area (Å²) in [6.07, 6.45) is 0. The lowest BCUT2D eigenvalue weighted by Gasteiger charge is -2.12. The van der Waals surface area contributed by atoms with Crippen LogP contribution >= 0.6 is 0 Å². The fraction of sp³-hybridized carbons (Fsp3) is 0.188. The number of benzene rings is 2. The Balaban J connectivity index is 2.05. The third-order valence-corrected chi connectivity index (χ3v) is 3.10. The van der Waals surface area contributed by atoms with Gasteiger partial charge in [0.15, 0.2) is 12.4 Å². The quantitative estimate of drug-likeness (QED) is 0.567. The van der Waals surface area contributed by atoms with E-state index in [0.717, 1.165) is 6.07 Å². The van der Waals surface area contributed by atoms with Crippen molar-refractivity contribution in [2.24, 2.45) is 0 Å². The number of halogens is 2. The van der Waals surface area contributed by atoms with E-state index in [-0.39, 0.29) is 28.6 Å². The van der Waals surface area contributed by atoms with Gasteiger partial charge in [-0.15, -0.1) is 0 Å². The summed E-state index contributed by atoms with van der Waals surface area (Å²) >= 11 is 0. The molecule has 8 nitrogen and oxygen atoms in total. The number of nitrogens with zero attached hydrogens (tertiary/aromatic N) is 1. The summed E-state index contributed by atoms with van der Waals surface area (Å²) in [7, 11) is 1.35. The van der Waals surface area contributed by atoms with Crippen molar-refractivity contribution >= 4 is 17.3 Å². The van der Waals surface area contributed by atoms with Crippen LogP contribution in [0.4, 0.5) is 20.2 Å². The molecule has 2 aromatic carbocycles. The molecule has 0 saturated heterocycles. The first-order valence-electron chi connectivity index (χ1n) is 7.19. The van der Waals surface area contributed by atoms with E-state index in [1.165, 1.54) is 43.5 Å². The SMILES string of the molecule is COc1ccc(OCC(=O)Nc2ccccc2OC(F)F)c([N+](=O)[O-])c1. The average molecular weight is 368 g/mol. The van der Waals surface area contributed by atoms with Gasteiger partial charge in [-0.1, -0.05) is 12.1 Å².